The van der Waals surface area contributed by atoms with Gasteiger partial charge in [0.15, 0.2) is 11.4 Å². The van der Waals surface area contributed by atoms with Gasteiger partial charge in [-0.1, -0.05) is 16.3 Å². The zero-order valence-corrected chi connectivity index (χ0v) is 13.2. The Morgan fingerprint density at radius 1 is 1.09 bits per heavy atom. The van der Waals surface area contributed by atoms with Gasteiger partial charge in [-0.15, -0.1) is 0 Å². The number of benzene rings is 1. The first-order chi connectivity index (χ1) is 10.0. The van der Waals surface area contributed by atoms with Crippen LogP contribution in [0.3, 0.4) is 0 Å². The van der Waals surface area contributed by atoms with Gasteiger partial charge in [-0.25, -0.2) is 0 Å². The molecule has 0 bridgehead atoms. The number of nitrogens with zero attached hydrogens (tertiary/aromatic N) is 5. The molecule has 0 unspecified atom stereocenters. The van der Waals surface area contributed by atoms with Crippen LogP contribution >= 0.6 is 11.6 Å². The van der Waals surface area contributed by atoms with Crippen LogP contribution in [-0.4, -0.2) is 55.9 Å². The van der Waals surface area contributed by atoms with E-state index in [2.05, 4.69) is 10.3 Å². The summed E-state index contributed by atoms with van der Waals surface area (Å²) >= 11 is 5.93. The summed E-state index contributed by atoms with van der Waals surface area (Å²) in [5.41, 5.74) is 1.73. The summed E-state index contributed by atoms with van der Waals surface area (Å²) in [7, 11) is 1.88. The van der Waals surface area contributed by atoms with E-state index in [1.807, 2.05) is 56.2 Å². The van der Waals surface area contributed by atoms with Crippen molar-refractivity contribution < 1.29 is 21.9 Å². The normalized spacial score (nSPS) is 12.5. The van der Waals surface area contributed by atoms with Crippen molar-refractivity contribution in [2.75, 3.05) is 28.2 Å². The Bertz CT molecular complexity index is 585. The summed E-state index contributed by atoms with van der Waals surface area (Å²) in [6.07, 6.45) is 0. The quantitative estimate of drug-likeness (QED) is 0.312. The van der Waals surface area contributed by atoms with Crippen molar-refractivity contribution in [1.29, 1.82) is 0 Å². The Morgan fingerprint density at radius 3 is 2.05 bits per heavy atom. The second-order valence-corrected chi connectivity index (χ2v) is 5.15. The monoisotopic (exact) mass is 339 g/mol. The van der Waals surface area contributed by atoms with E-state index < -0.39 is 7.25 Å². The molecular formula is C11H15BClF4N5. The van der Waals surface area contributed by atoms with Crippen molar-refractivity contribution in [2.45, 2.75) is 0 Å². The van der Waals surface area contributed by atoms with Gasteiger partial charge >= 0.3 is 13.2 Å². The van der Waals surface area contributed by atoms with Crippen LogP contribution in [0.25, 0.3) is 0 Å². The van der Waals surface area contributed by atoms with Crippen molar-refractivity contribution >= 4 is 36.2 Å². The Labute approximate surface area is 130 Å². The van der Waals surface area contributed by atoms with Crippen molar-refractivity contribution in [3.63, 3.8) is 0 Å². The predicted octanol–water partition coefficient (Wildman–Crippen LogP) is 3.78. The lowest BCUT2D eigenvalue weighted by Gasteiger charge is -2.18. The lowest BCUT2D eigenvalue weighted by Crippen LogP contribution is -2.40. The molecule has 0 aromatic heterocycles. The molecule has 1 aromatic rings. The first kappa shape index (κ1) is 18.2. The predicted molar refractivity (Wildman–Crippen MR) is 78.5 cm³/mol. The maximum absolute atomic E-state index is 9.75. The minimum absolute atomic E-state index is 0.667. The minimum Gasteiger partial charge on any atom is -0.418 e. The van der Waals surface area contributed by atoms with E-state index in [1.165, 1.54) is 0 Å². The van der Waals surface area contributed by atoms with Gasteiger partial charge in [-0.05, 0) is 17.2 Å². The molecule has 22 heavy (non-hydrogen) atoms. The fourth-order valence-corrected chi connectivity index (χ4v) is 1.99. The maximum Gasteiger partial charge on any atom is 0.673 e. The molecule has 122 valence electrons. The fraction of sp³-hybridized carbons (Fsp3) is 0.364. The second-order valence-electron chi connectivity index (χ2n) is 4.72. The average Bonchev–Trinajstić information content (AvgIpc) is 2.69. The molecule has 0 atom stereocenters. The van der Waals surface area contributed by atoms with Gasteiger partial charge in [0.2, 0.25) is 0 Å². The Hall–Kier alpha value is -1.84. The first-order valence-electron chi connectivity index (χ1n) is 6.11. The highest BCUT2D eigenvalue weighted by molar-refractivity contribution is 6.50. The smallest absolute Gasteiger partial charge is 0.418 e. The highest BCUT2D eigenvalue weighted by Crippen LogP contribution is 2.36. The van der Waals surface area contributed by atoms with Gasteiger partial charge in [-0.2, -0.15) is 0 Å². The molecule has 0 saturated heterocycles. The third kappa shape index (κ3) is 5.17. The Kier molecular flexibility index (Phi) is 5.75. The van der Waals surface area contributed by atoms with E-state index in [1.54, 1.807) is 4.68 Å². The summed E-state index contributed by atoms with van der Waals surface area (Å²) in [6, 6.07) is 5.57. The van der Waals surface area contributed by atoms with Crippen molar-refractivity contribution in [1.82, 2.24) is 9.80 Å². The molecule has 0 radical (unpaired) electrons. The average molecular weight is 340 g/mol. The molecule has 0 N–H and O–H groups in total. The van der Waals surface area contributed by atoms with Crippen LogP contribution in [0.4, 0.5) is 28.6 Å². The number of rotatable bonds is 0. The summed E-state index contributed by atoms with van der Waals surface area (Å²) in [4.78, 5) is 3.98. The molecule has 1 aliphatic rings. The lowest BCUT2D eigenvalue weighted by atomic mass is 10.3. The molecule has 0 spiro atoms. The molecule has 0 amide bonds. The van der Waals surface area contributed by atoms with Crippen molar-refractivity contribution in [2.24, 2.45) is 10.3 Å². The van der Waals surface area contributed by atoms with Crippen LogP contribution < -0.4 is 0 Å². The van der Waals surface area contributed by atoms with Crippen LogP contribution in [0.5, 0.6) is 0 Å². The van der Waals surface area contributed by atoms with Crippen LogP contribution in [0.2, 0.25) is 5.02 Å². The SMILES string of the molecule is CN(C)C(N(C)C)=[N+]1N=Nc2cc(Cl)ccc21.F[B-](F)(F)F. The summed E-state index contributed by atoms with van der Waals surface area (Å²) in [6.45, 7) is 0. The summed E-state index contributed by atoms with van der Waals surface area (Å²) < 4.78 is 40.8. The van der Waals surface area contributed by atoms with E-state index in [0.717, 1.165) is 17.3 Å². The molecule has 0 saturated carbocycles. The van der Waals surface area contributed by atoms with E-state index in [0.29, 0.717) is 5.02 Å². The molecule has 11 heteroatoms. The van der Waals surface area contributed by atoms with Gasteiger partial charge in [0.1, 0.15) is 0 Å². The van der Waals surface area contributed by atoms with Crippen LogP contribution in [0.15, 0.2) is 28.5 Å². The van der Waals surface area contributed by atoms with E-state index in [-0.39, 0.29) is 0 Å². The number of halogens is 5. The van der Waals surface area contributed by atoms with Gasteiger partial charge in [0, 0.05) is 44.5 Å². The lowest BCUT2D eigenvalue weighted by molar-refractivity contribution is -0.458. The van der Waals surface area contributed by atoms with Crippen molar-refractivity contribution in [3.05, 3.63) is 23.2 Å². The van der Waals surface area contributed by atoms with Gasteiger partial charge in [0.05, 0.1) is 0 Å². The summed E-state index contributed by atoms with van der Waals surface area (Å²) in [5, 5.41) is 8.95. The molecule has 0 fully saturated rings. The molecular weight excluding hydrogens is 324 g/mol. The number of fused-ring (bicyclic) bond motifs is 1. The first-order valence-corrected chi connectivity index (χ1v) is 6.48. The summed E-state index contributed by atoms with van der Waals surface area (Å²) in [5.74, 6) is 0.940. The second kappa shape index (κ2) is 6.95. The zero-order valence-electron chi connectivity index (χ0n) is 12.4. The highest BCUT2D eigenvalue weighted by atomic mass is 35.5. The van der Waals surface area contributed by atoms with Gasteiger partial charge in [-0.3, -0.25) is 9.80 Å². The minimum atomic E-state index is -6.00. The Morgan fingerprint density at radius 2 is 1.59 bits per heavy atom. The van der Waals surface area contributed by atoms with Crippen molar-refractivity contribution in [3.8, 4) is 0 Å². The van der Waals surface area contributed by atoms with E-state index in [9.17, 15) is 17.3 Å². The van der Waals surface area contributed by atoms with Gasteiger partial charge in [0.25, 0.3) is 0 Å². The van der Waals surface area contributed by atoms with Crippen LogP contribution in [0.1, 0.15) is 0 Å². The highest BCUT2D eigenvalue weighted by Gasteiger charge is 2.26. The number of hydrogen-bond acceptors (Lipinski definition) is 2. The van der Waals surface area contributed by atoms with Crippen LogP contribution in [0, 0.1) is 0 Å². The zero-order chi connectivity index (χ0) is 17.1. The molecule has 1 aromatic carbocycles. The van der Waals surface area contributed by atoms with E-state index >= 15 is 0 Å². The van der Waals surface area contributed by atoms with E-state index in [4.69, 9.17) is 11.6 Å². The third-order valence-electron chi connectivity index (χ3n) is 2.40. The molecule has 1 aliphatic heterocycles. The number of guanidine groups is 1. The number of hydrogen-bond donors (Lipinski definition) is 0. The largest absolute Gasteiger partial charge is 0.673 e. The molecule has 2 rings (SSSR count). The molecule has 0 aliphatic carbocycles. The maximum atomic E-state index is 9.75. The third-order valence-corrected chi connectivity index (χ3v) is 2.63. The Balaban J connectivity index is 0.000000422. The topological polar surface area (TPSA) is 34.2 Å². The molecule has 1 heterocycles. The fourth-order valence-electron chi connectivity index (χ4n) is 1.82. The van der Waals surface area contributed by atoms with Gasteiger partial charge < -0.3 is 17.3 Å². The van der Waals surface area contributed by atoms with Crippen LogP contribution in [-0.2, 0) is 0 Å². The standard InChI is InChI=1S/C11H15ClN5.BF4/c1-15(2)11(16(3)4)17-10-6-5-8(12)7-9(10)13-14-17;2-1(3,4)5/h5-7H,1-4H3;/q+1;-1. The molecule has 5 nitrogen and oxygen atoms in total.